The minimum absolute atomic E-state index is 0.0703. The van der Waals surface area contributed by atoms with Gasteiger partial charge < -0.3 is 4.55 Å². The number of alkyl halides is 1. The summed E-state index contributed by atoms with van der Waals surface area (Å²) in [4.78, 5) is 0. The molecular formula is C24H34FIO3S. The van der Waals surface area contributed by atoms with Crippen molar-refractivity contribution in [2.24, 2.45) is 0 Å². The van der Waals surface area contributed by atoms with Crippen LogP contribution in [0.2, 0.25) is 0 Å². The van der Waals surface area contributed by atoms with Gasteiger partial charge in [0.05, 0.1) is 16.8 Å². The second kappa shape index (κ2) is 11.6. The van der Waals surface area contributed by atoms with Gasteiger partial charge in [-0.25, -0.2) is 8.42 Å². The first-order valence-electron chi connectivity index (χ1n) is 10.1. The predicted molar refractivity (Wildman–Crippen MR) is 117 cm³/mol. The standard InChI is InChI=1S/C20H26I.C4H9FO3S/c1-19(2,3)15-7-11-17(12-8-15)21-18-13-9-16(10-14-18)20(4,5)6;5-3-1-2-4-9(6,7)8/h7-14H,1-6H3;1-4H2,(H,6,7,8)/q+1;/p-1. The summed E-state index contributed by atoms with van der Waals surface area (Å²) in [6.45, 7) is 13.0. The van der Waals surface area contributed by atoms with Crippen LogP contribution in [0.1, 0.15) is 65.5 Å². The molecule has 0 aliphatic carbocycles. The highest BCUT2D eigenvalue weighted by molar-refractivity contribution is 7.85. The van der Waals surface area contributed by atoms with Crippen LogP contribution in [0.5, 0.6) is 0 Å². The highest BCUT2D eigenvalue weighted by atomic mass is 127. The van der Waals surface area contributed by atoms with Crippen LogP contribution in [-0.4, -0.2) is 25.4 Å². The largest absolute Gasteiger partial charge is 0.748 e. The van der Waals surface area contributed by atoms with Crippen LogP contribution in [0.4, 0.5) is 4.39 Å². The molecule has 0 aliphatic heterocycles. The van der Waals surface area contributed by atoms with E-state index >= 15 is 0 Å². The maximum absolute atomic E-state index is 11.3. The molecule has 3 nitrogen and oxygen atoms in total. The number of benzene rings is 2. The summed E-state index contributed by atoms with van der Waals surface area (Å²) in [5.74, 6) is -0.448. The van der Waals surface area contributed by atoms with E-state index in [9.17, 15) is 17.4 Å². The molecule has 2 aromatic carbocycles. The van der Waals surface area contributed by atoms with Gasteiger partial charge in [-0.15, -0.1) is 0 Å². The molecule has 0 spiro atoms. The van der Waals surface area contributed by atoms with Gasteiger partial charge in [0.15, 0.2) is 7.14 Å². The molecule has 30 heavy (non-hydrogen) atoms. The molecular weight excluding hydrogens is 514 g/mol. The van der Waals surface area contributed by atoms with E-state index in [4.69, 9.17) is 0 Å². The number of unbranched alkanes of at least 4 members (excludes halogenated alkanes) is 1. The Morgan fingerprint density at radius 1 is 0.767 bits per heavy atom. The van der Waals surface area contributed by atoms with Crippen LogP contribution in [0, 0.1) is 7.14 Å². The first-order valence-corrected chi connectivity index (χ1v) is 13.8. The maximum Gasteiger partial charge on any atom is 0.357 e. The van der Waals surface area contributed by atoms with Crippen molar-refractivity contribution in [3.8, 4) is 0 Å². The summed E-state index contributed by atoms with van der Waals surface area (Å²) in [6, 6.07) is 18.4. The molecule has 0 aromatic heterocycles. The summed E-state index contributed by atoms with van der Waals surface area (Å²) < 4.78 is 43.7. The smallest absolute Gasteiger partial charge is 0.357 e. The molecule has 0 fully saturated rings. The lowest BCUT2D eigenvalue weighted by Crippen LogP contribution is -3.61. The van der Waals surface area contributed by atoms with Crippen molar-refractivity contribution >= 4 is 10.1 Å². The number of halogens is 2. The van der Waals surface area contributed by atoms with E-state index in [2.05, 4.69) is 90.1 Å². The Hall–Kier alpha value is -0.990. The van der Waals surface area contributed by atoms with Gasteiger partial charge in [0, 0.05) is 5.75 Å². The molecule has 0 saturated heterocycles. The van der Waals surface area contributed by atoms with Crippen LogP contribution in [0.25, 0.3) is 0 Å². The first-order chi connectivity index (χ1) is 13.7. The van der Waals surface area contributed by atoms with E-state index in [1.807, 2.05) is 0 Å². The summed E-state index contributed by atoms with van der Waals surface area (Å²) >= 11 is -0.0703. The number of hydrogen-bond donors (Lipinski definition) is 0. The fourth-order valence-electron chi connectivity index (χ4n) is 2.53. The van der Waals surface area contributed by atoms with Crippen LogP contribution < -0.4 is 21.2 Å². The molecule has 6 heteroatoms. The van der Waals surface area contributed by atoms with Crippen molar-refractivity contribution in [1.82, 2.24) is 0 Å². The molecule has 2 rings (SSSR count). The van der Waals surface area contributed by atoms with E-state index in [1.165, 1.54) is 18.3 Å². The monoisotopic (exact) mass is 548 g/mol. The van der Waals surface area contributed by atoms with Crippen molar-refractivity contribution in [1.29, 1.82) is 0 Å². The summed E-state index contributed by atoms with van der Waals surface area (Å²) in [7, 11) is -4.11. The summed E-state index contributed by atoms with van der Waals surface area (Å²) in [6.07, 6.45) is 0.282. The summed E-state index contributed by atoms with van der Waals surface area (Å²) in [5, 5.41) is 0. The Morgan fingerprint density at radius 3 is 1.40 bits per heavy atom. The lowest BCUT2D eigenvalue weighted by atomic mass is 9.87. The van der Waals surface area contributed by atoms with E-state index in [0.717, 1.165) is 0 Å². The minimum atomic E-state index is -4.11. The van der Waals surface area contributed by atoms with Gasteiger partial charge in [0.1, 0.15) is 0 Å². The van der Waals surface area contributed by atoms with Crippen LogP contribution in [-0.2, 0) is 20.9 Å². The molecule has 2 aromatic rings. The highest BCUT2D eigenvalue weighted by Crippen LogP contribution is 2.21. The molecule has 0 bridgehead atoms. The fraction of sp³-hybridized carbons (Fsp3) is 0.500. The van der Waals surface area contributed by atoms with Crippen molar-refractivity contribution in [3.63, 3.8) is 0 Å². The molecule has 168 valence electrons. The van der Waals surface area contributed by atoms with E-state index < -0.39 is 22.5 Å². The average Bonchev–Trinajstić information content (AvgIpc) is 2.61. The van der Waals surface area contributed by atoms with Crippen molar-refractivity contribution in [3.05, 3.63) is 66.8 Å². The molecule has 0 aliphatic rings. The second-order valence-corrected chi connectivity index (χ2v) is 13.8. The van der Waals surface area contributed by atoms with Gasteiger partial charge in [-0.05, 0) is 59.1 Å². The van der Waals surface area contributed by atoms with Crippen LogP contribution in [0.15, 0.2) is 48.5 Å². The zero-order valence-electron chi connectivity index (χ0n) is 18.8. The zero-order valence-corrected chi connectivity index (χ0v) is 21.8. The third kappa shape index (κ3) is 10.9. The molecule has 0 N–H and O–H groups in total. The number of rotatable bonds is 6. The normalized spacial score (nSPS) is 12.3. The first kappa shape index (κ1) is 27.0. The molecule has 0 saturated carbocycles. The van der Waals surface area contributed by atoms with Gasteiger partial charge in [-0.1, -0.05) is 65.8 Å². The van der Waals surface area contributed by atoms with Gasteiger partial charge in [0.25, 0.3) is 0 Å². The van der Waals surface area contributed by atoms with Crippen molar-refractivity contribution in [2.45, 2.75) is 65.2 Å². The maximum atomic E-state index is 11.3. The Morgan fingerprint density at radius 2 is 1.13 bits per heavy atom. The highest BCUT2D eigenvalue weighted by Gasteiger charge is 2.20. The van der Waals surface area contributed by atoms with Gasteiger partial charge in [-0.3, -0.25) is 4.39 Å². The van der Waals surface area contributed by atoms with E-state index in [1.54, 1.807) is 0 Å². The molecule has 0 radical (unpaired) electrons. The van der Waals surface area contributed by atoms with Crippen LogP contribution >= 0.6 is 0 Å². The van der Waals surface area contributed by atoms with E-state index in [0.29, 0.717) is 0 Å². The quantitative estimate of drug-likeness (QED) is 0.317. The Labute approximate surface area is 192 Å². The average molecular weight is 549 g/mol. The van der Waals surface area contributed by atoms with Crippen LogP contribution in [0.3, 0.4) is 0 Å². The van der Waals surface area contributed by atoms with Gasteiger partial charge in [0.2, 0.25) is 0 Å². The molecule has 0 amide bonds. The number of hydrogen-bond acceptors (Lipinski definition) is 3. The Balaban J connectivity index is 0.000000424. The van der Waals surface area contributed by atoms with Crippen molar-refractivity contribution in [2.75, 3.05) is 12.4 Å². The predicted octanol–water partition coefficient (Wildman–Crippen LogP) is 2.69. The van der Waals surface area contributed by atoms with Gasteiger partial charge >= 0.3 is 21.2 Å². The van der Waals surface area contributed by atoms with E-state index in [-0.39, 0.29) is 44.9 Å². The second-order valence-electron chi connectivity index (χ2n) is 9.27. The third-order valence-corrected chi connectivity index (χ3v) is 7.89. The molecule has 0 unspecified atom stereocenters. The molecule has 0 heterocycles. The Kier molecular flexibility index (Phi) is 10.4. The topological polar surface area (TPSA) is 57.2 Å². The lowest BCUT2D eigenvalue weighted by Gasteiger charge is -2.18. The molecule has 0 atom stereocenters. The third-order valence-electron chi connectivity index (χ3n) is 4.42. The minimum Gasteiger partial charge on any atom is -0.748 e. The van der Waals surface area contributed by atoms with Crippen molar-refractivity contribution < 1.29 is 38.6 Å². The zero-order chi connectivity index (χ0) is 23.0. The van der Waals surface area contributed by atoms with Gasteiger partial charge in [-0.2, -0.15) is 0 Å². The SMILES string of the molecule is CC(C)(C)c1ccc([I+]c2ccc(C(C)(C)C)cc2)cc1.O=S(=O)([O-])CCCCF. The Bertz CT molecular complexity index is 807. The fourth-order valence-corrected chi connectivity index (χ4v) is 5.24. The lowest BCUT2D eigenvalue weighted by molar-refractivity contribution is -0.597. The summed E-state index contributed by atoms with van der Waals surface area (Å²) in [5.41, 5.74) is 3.31.